The van der Waals surface area contributed by atoms with Gasteiger partial charge in [-0.25, -0.2) is 9.37 Å². The molecular weight excluding hydrogens is 379 g/mol. The van der Waals surface area contributed by atoms with Crippen LogP contribution in [0.3, 0.4) is 0 Å². The molecule has 140 valence electrons. The molecule has 0 saturated heterocycles. The number of nitro benzene ring substituents is 1. The second kappa shape index (κ2) is 7.37. The standard InChI is InChI=1S/C20H15FN4O2S/c21-14-6-4-12(5-7-14)20-24-19-16(2-1-3-18(19)28-20)23-15-8-9-17(25(26)27)13(10-15)11-22/h4-10,16,23H,1-3H2. The van der Waals surface area contributed by atoms with Gasteiger partial charge in [0.05, 0.1) is 16.7 Å². The molecule has 28 heavy (non-hydrogen) atoms. The Morgan fingerprint density at radius 2 is 2.07 bits per heavy atom. The van der Waals surface area contributed by atoms with Gasteiger partial charge in [-0.1, -0.05) is 0 Å². The molecule has 2 aromatic carbocycles. The first-order chi connectivity index (χ1) is 13.5. The molecule has 1 unspecified atom stereocenters. The summed E-state index contributed by atoms with van der Waals surface area (Å²) in [6, 6.07) is 12.6. The van der Waals surface area contributed by atoms with Gasteiger partial charge in [0.15, 0.2) is 0 Å². The second-order valence-electron chi connectivity index (χ2n) is 6.52. The fourth-order valence-electron chi connectivity index (χ4n) is 3.35. The summed E-state index contributed by atoms with van der Waals surface area (Å²) in [7, 11) is 0. The first-order valence-electron chi connectivity index (χ1n) is 8.76. The highest BCUT2D eigenvalue weighted by Crippen LogP contribution is 2.39. The van der Waals surface area contributed by atoms with Gasteiger partial charge in [-0.15, -0.1) is 11.3 Å². The van der Waals surface area contributed by atoms with Crippen LogP contribution < -0.4 is 5.32 Å². The molecule has 1 heterocycles. The summed E-state index contributed by atoms with van der Waals surface area (Å²) in [6.45, 7) is 0. The molecule has 1 atom stereocenters. The molecule has 8 heteroatoms. The SMILES string of the molecule is N#Cc1cc(NC2CCCc3sc(-c4ccc(F)cc4)nc32)ccc1[N+](=O)[O-]. The summed E-state index contributed by atoms with van der Waals surface area (Å²) in [5.74, 6) is -0.281. The van der Waals surface area contributed by atoms with E-state index in [2.05, 4.69) is 5.32 Å². The van der Waals surface area contributed by atoms with Crippen molar-refractivity contribution in [3.8, 4) is 16.6 Å². The van der Waals surface area contributed by atoms with Crippen molar-refractivity contribution in [2.24, 2.45) is 0 Å². The van der Waals surface area contributed by atoms with Gasteiger partial charge in [0.25, 0.3) is 5.69 Å². The van der Waals surface area contributed by atoms with Crippen molar-refractivity contribution in [2.45, 2.75) is 25.3 Å². The molecule has 0 aliphatic heterocycles. The average Bonchev–Trinajstić information content (AvgIpc) is 3.13. The summed E-state index contributed by atoms with van der Waals surface area (Å²) in [5.41, 5.74) is 2.30. The van der Waals surface area contributed by atoms with Crippen LogP contribution in [0.1, 0.15) is 35.0 Å². The Morgan fingerprint density at radius 3 is 2.79 bits per heavy atom. The number of hydrogen-bond acceptors (Lipinski definition) is 6. The number of benzene rings is 2. The summed E-state index contributed by atoms with van der Waals surface area (Å²) in [4.78, 5) is 16.4. The topological polar surface area (TPSA) is 91.8 Å². The molecule has 0 radical (unpaired) electrons. The molecule has 0 spiro atoms. The van der Waals surface area contributed by atoms with Gasteiger partial charge in [0.2, 0.25) is 0 Å². The monoisotopic (exact) mass is 394 g/mol. The normalized spacial score (nSPS) is 15.5. The summed E-state index contributed by atoms with van der Waals surface area (Å²) >= 11 is 1.61. The maximum atomic E-state index is 13.2. The second-order valence-corrected chi connectivity index (χ2v) is 7.61. The Morgan fingerprint density at radius 1 is 1.29 bits per heavy atom. The van der Waals surface area contributed by atoms with Gasteiger partial charge in [-0.3, -0.25) is 10.1 Å². The fourth-order valence-corrected chi connectivity index (χ4v) is 4.52. The van der Waals surface area contributed by atoms with Gasteiger partial charge < -0.3 is 5.32 Å². The smallest absolute Gasteiger partial charge is 0.287 e. The van der Waals surface area contributed by atoms with Crippen LogP contribution in [0.25, 0.3) is 10.6 Å². The predicted molar refractivity (Wildman–Crippen MR) is 105 cm³/mol. The number of nitro groups is 1. The lowest BCUT2D eigenvalue weighted by molar-refractivity contribution is -0.385. The molecule has 0 saturated carbocycles. The lowest BCUT2D eigenvalue weighted by Crippen LogP contribution is -2.17. The minimum atomic E-state index is -0.559. The number of anilines is 1. The molecule has 1 aliphatic rings. The van der Waals surface area contributed by atoms with Gasteiger partial charge >= 0.3 is 0 Å². The van der Waals surface area contributed by atoms with Crippen LogP contribution in [0.15, 0.2) is 42.5 Å². The average molecular weight is 394 g/mol. The van der Waals surface area contributed by atoms with Crippen molar-refractivity contribution >= 4 is 22.7 Å². The number of fused-ring (bicyclic) bond motifs is 1. The van der Waals surface area contributed by atoms with Crippen LogP contribution in [0.5, 0.6) is 0 Å². The molecule has 3 aromatic rings. The van der Waals surface area contributed by atoms with E-state index in [-0.39, 0.29) is 23.1 Å². The lowest BCUT2D eigenvalue weighted by atomic mass is 9.97. The first-order valence-corrected chi connectivity index (χ1v) is 9.57. The van der Waals surface area contributed by atoms with E-state index in [0.717, 1.165) is 35.5 Å². The lowest BCUT2D eigenvalue weighted by Gasteiger charge is -2.23. The van der Waals surface area contributed by atoms with E-state index in [1.807, 2.05) is 6.07 Å². The maximum absolute atomic E-state index is 13.2. The highest BCUT2D eigenvalue weighted by atomic mass is 32.1. The third-order valence-electron chi connectivity index (χ3n) is 4.70. The fraction of sp³-hybridized carbons (Fsp3) is 0.200. The number of rotatable bonds is 4. The van der Waals surface area contributed by atoms with Crippen LogP contribution >= 0.6 is 11.3 Å². The third kappa shape index (κ3) is 3.44. The van der Waals surface area contributed by atoms with Gasteiger partial charge in [-0.05, 0) is 55.7 Å². The minimum Gasteiger partial charge on any atom is -0.377 e. The largest absolute Gasteiger partial charge is 0.377 e. The Labute approximate surface area is 164 Å². The number of thiazole rings is 1. The Balaban J connectivity index is 1.62. The van der Waals surface area contributed by atoms with Crippen LogP contribution in [-0.2, 0) is 6.42 Å². The summed E-state index contributed by atoms with van der Waals surface area (Å²) in [6.07, 6.45) is 2.81. The van der Waals surface area contributed by atoms with Crippen LogP contribution in [0.2, 0.25) is 0 Å². The molecule has 0 fully saturated rings. The van der Waals surface area contributed by atoms with Crippen molar-refractivity contribution in [3.05, 3.63) is 74.5 Å². The van der Waals surface area contributed by atoms with Gasteiger partial charge in [-0.2, -0.15) is 5.26 Å². The predicted octanol–water partition coefficient (Wildman–Crippen LogP) is 5.22. The molecular formula is C20H15FN4O2S. The summed E-state index contributed by atoms with van der Waals surface area (Å²) < 4.78 is 13.2. The molecule has 6 nitrogen and oxygen atoms in total. The molecule has 1 aromatic heterocycles. The van der Waals surface area contributed by atoms with E-state index in [4.69, 9.17) is 4.98 Å². The summed E-state index contributed by atoms with van der Waals surface area (Å²) in [5, 5.41) is 24.4. The zero-order valence-corrected chi connectivity index (χ0v) is 15.5. The van der Waals surface area contributed by atoms with E-state index in [1.165, 1.54) is 29.1 Å². The van der Waals surface area contributed by atoms with Crippen LogP contribution in [0.4, 0.5) is 15.8 Å². The minimum absolute atomic E-state index is 0.0244. The van der Waals surface area contributed by atoms with Gasteiger partial charge in [0.1, 0.15) is 22.5 Å². The number of aromatic nitrogens is 1. The van der Waals surface area contributed by atoms with E-state index in [9.17, 15) is 19.8 Å². The van der Waals surface area contributed by atoms with E-state index in [1.54, 1.807) is 29.5 Å². The zero-order chi connectivity index (χ0) is 19.7. The van der Waals surface area contributed by atoms with Crippen molar-refractivity contribution in [1.29, 1.82) is 5.26 Å². The quantitative estimate of drug-likeness (QED) is 0.484. The van der Waals surface area contributed by atoms with Crippen molar-refractivity contribution in [1.82, 2.24) is 4.98 Å². The Bertz CT molecular complexity index is 1090. The molecule has 0 bridgehead atoms. The van der Waals surface area contributed by atoms with E-state index >= 15 is 0 Å². The maximum Gasteiger partial charge on any atom is 0.287 e. The number of nitrogens with one attached hydrogen (secondary N) is 1. The number of aryl methyl sites for hydroxylation is 1. The molecule has 1 N–H and O–H groups in total. The van der Waals surface area contributed by atoms with E-state index < -0.39 is 4.92 Å². The Kier molecular flexibility index (Phi) is 4.75. The van der Waals surface area contributed by atoms with Crippen molar-refractivity contribution in [2.75, 3.05) is 5.32 Å². The van der Waals surface area contributed by atoms with Crippen LogP contribution in [-0.4, -0.2) is 9.91 Å². The number of halogens is 1. The highest BCUT2D eigenvalue weighted by molar-refractivity contribution is 7.15. The molecule has 4 rings (SSSR count). The number of hydrogen-bond donors (Lipinski definition) is 1. The van der Waals surface area contributed by atoms with Crippen LogP contribution in [0, 0.1) is 27.3 Å². The van der Waals surface area contributed by atoms with Gasteiger partial charge in [0, 0.05) is 22.2 Å². The Hall–Kier alpha value is -3.31. The first kappa shape index (κ1) is 18.1. The number of nitriles is 1. The number of nitrogens with zero attached hydrogens (tertiary/aromatic N) is 3. The zero-order valence-electron chi connectivity index (χ0n) is 14.7. The van der Waals surface area contributed by atoms with Crippen molar-refractivity contribution in [3.63, 3.8) is 0 Å². The molecule has 0 amide bonds. The third-order valence-corrected chi connectivity index (χ3v) is 5.88. The van der Waals surface area contributed by atoms with Crippen molar-refractivity contribution < 1.29 is 9.31 Å². The molecule has 1 aliphatic carbocycles. The van der Waals surface area contributed by atoms with E-state index in [0.29, 0.717) is 5.69 Å². The highest BCUT2D eigenvalue weighted by Gasteiger charge is 2.26.